The molecule has 0 spiro atoms. The minimum absolute atomic E-state index is 0.0212. The Morgan fingerprint density at radius 3 is 2.78 bits per heavy atom. The van der Waals surface area contributed by atoms with E-state index in [2.05, 4.69) is 27.4 Å². The number of hydrogen-bond acceptors (Lipinski definition) is 6. The van der Waals surface area contributed by atoms with E-state index in [0.717, 1.165) is 57.2 Å². The molecule has 0 N–H and O–H groups in total. The minimum Gasteiger partial charge on any atom is -0.461 e. The third-order valence-corrected chi connectivity index (χ3v) is 10.9. The molecule has 2 aromatic carbocycles. The van der Waals surface area contributed by atoms with Gasteiger partial charge in [-0.15, -0.1) is 0 Å². The molecule has 45 heavy (non-hydrogen) atoms. The number of carbonyl (C=O) groups is 1. The van der Waals surface area contributed by atoms with Crippen molar-refractivity contribution < 1.29 is 18.3 Å². The number of ether oxygens (including phenoxy) is 1. The highest BCUT2D eigenvalue weighted by Crippen LogP contribution is 2.59. The van der Waals surface area contributed by atoms with Crippen LogP contribution in [0.2, 0.25) is 0 Å². The largest absolute Gasteiger partial charge is 0.461 e. The van der Waals surface area contributed by atoms with Gasteiger partial charge in [0.1, 0.15) is 29.8 Å². The molecule has 3 atom stereocenters. The molecule has 3 aromatic rings. The van der Waals surface area contributed by atoms with Crippen molar-refractivity contribution >= 4 is 22.6 Å². The number of anilines is 1. The maximum atomic E-state index is 16.8. The number of carbonyl (C=O) groups excluding carboxylic acids is 1. The molecule has 5 aliphatic rings. The first-order valence-electron chi connectivity index (χ1n) is 16.1. The normalized spacial score (nSPS) is 24.7. The predicted molar refractivity (Wildman–Crippen MR) is 167 cm³/mol. The molecular weight excluding hydrogens is 574 g/mol. The molecule has 8 rings (SSSR count). The highest BCUT2D eigenvalue weighted by molar-refractivity contribution is 5.95. The van der Waals surface area contributed by atoms with Gasteiger partial charge in [-0.2, -0.15) is 9.97 Å². The van der Waals surface area contributed by atoms with Gasteiger partial charge in [0, 0.05) is 25.0 Å². The number of halogens is 2. The van der Waals surface area contributed by atoms with Crippen molar-refractivity contribution in [2.45, 2.75) is 56.0 Å². The second-order valence-corrected chi connectivity index (χ2v) is 13.3. The van der Waals surface area contributed by atoms with Crippen molar-refractivity contribution in [2.24, 2.45) is 5.92 Å². The van der Waals surface area contributed by atoms with Crippen LogP contribution in [0.25, 0.3) is 26.9 Å². The Hall–Kier alpha value is -4.10. The summed E-state index contributed by atoms with van der Waals surface area (Å²) in [6.45, 7) is 14.7. The Bertz CT molecular complexity index is 1760. The number of amides is 1. The molecule has 0 radical (unpaired) electrons. The molecular formula is C35H36F2N6O2. The standard InChI is InChI=1S/C35H36F2N6O2/c1-3-28(44)43-14-13-41(19-23(43)18-38-2)33-26-17-27(36)30(24-8-4-7-21-15-22-16-25(22)29(21)24)31(37)32(26)39-34(40-33)45-20-35-9-5-11-42(35)12-6-10-35/h3-4,7-8,17,22-23,25H,1,5-6,9-16,18-20H2/t22?,23-,25?/m0/s1. The van der Waals surface area contributed by atoms with E-state index in [-0.39, 0.29) is 47.0 Å². The molecule has 1 aromatic heterocycles. The number of rotatable bonds is 7. The van der Waals surface area contributed by atoms with Crippen LogP contribution in [0, 0.1) is 24.1 Å². The van der Waals surface area contributed by atoms with Gasteiger partial charge >= 0.3 is 6.01 Å². The van der Waals surface area contributed by atoms with Gasteiger partial charge in [-0.25, -0.2) is 15.4 Å². The van der Waals surface area contributed by atoms with Crippen molar-refractivity contribution in [2.75, 3.05) is 50.8 Å². The second-order valence-electron chi connectivity index (χ2n) is 13.3. The van der Waals surface area contributed by atoms with Crippen LogP contribution in [0.3, 0.4) is 0 Å². The Labute approximate surface area is 261 Å². The summed E-state index contributed by atoms with van der Waals surface area (Å²) in [6.07, 6.45) is 7.58. The van der Waals surface area contributed by atoms with E-state index in [9.17, 15) is 4.79 Å². The van der Waals surface area contributed by atoms with E-state index in [1.165, 1.54) is 17.7 Å². The average Bonchev–Trinajstić information content (AvgIpc) is 3.33. The average molecular weight is 611 g/mol. The lowest BCUT2D eigenvalue weighted by atomic mass is 9.93. The molecule has 3 aliphatic heterocycles. The number of aromatic nitrogens is 2. The van der Waals surface area contributed by atoms with Gasteiger partial charge in [0.2, 0.25) is 12.5 Å². The van der Waals surface area contributed by atoms with Crippen molar-refractivity contribution in [1.82, 2.24) is 19.8 Å². The molecule has 1 amide bonds. The first kappa shape index (κ1) is 28.4. The maximum Gasteiger partial charge on any atom is 0.319 e. The van der Waals surface area contributed by atoms with Gasteiger partial charge < -0.3 is 19.4 Å². The van der Waals surface area contributed by atoms with Crippen molar-refractivity contribution in [3.8, 4) is 17.1 Å². The molecule has 2 aliphatic carbocycles. The fraction of sp³-hybridized carbons (Fsp3) is 0.486. The van der Waals surface area contributed by atoms with Crippen LogP contribution in [0.5, 0.6) is 6.01 Å². The van der Waals surface area contributed by atoms with Crippen molar-refractivity contribution in [3.63, 3.8) is 0 Å². The van der Waals surface area contributed by atoms with Gasteiger partial charge in [-0.1, -0.05) is 24.8 Å². The lowest BCUT2D eigenvalue weighted by Crippen LogP contribution is -2.56. The van der Waals surface area contributed by atoms with E-state index in [1.807, 2.05) is 17.0 Å². The van der Waals surface area contributed by atoms with E-state index in [4.69, 9.17) is 16.3 Å². The highest BCUT2D eigenvalue weighted by Gasteiger charge is 2.47. The van der Waals surface area contributed by atoms with E-state index < -0.39 is 17.7 Å². The van der Waals surface area contributed by atoms with Crippen LogP contribution in [0.15, 0.2) is 36.9 Å². The first-order chi connectivity index (χ1) is 21.9. The fourth-order valence-electron chi connectivity index (χ4n) is 8.65. The first-order valence-corrected chi connectivity index (χ1v) is 16.1. The summed E-state index contributed by atoms with van der Waals surface area (Å²) in [5, 5.41) is 0.254. The summed E-state index contributed by atoms with van der Waals surface area (Å²) >= 11 is 0. The zero-order valence-corrected chi connectivity index (χ0v) is 25.3. The van der Waals surface area contributed by atoms with Gasteiger partial charge in [0.25, 0.3) is 0 Å². The monoisotopic (exact) mass is 610 g/mol. The van der Waals surface area contributed by atoms with Crippen molar-refractivity contribution in [1.29, 1.82) is 0 Å². The van der Waals surface area contributed by atoms with E-state index >= 15 is 8.78 Å². The zero-order valence-electron chi connectivity index (χ0n) is 25.3. The smallest absolute Gasteiger partial charge is 0.319 e. The highest BCUT2D eigenvalue weighted by atomic mass is 19.1. The van der Waals surface area contributed by atoms with Crippen LogP contribution in [0.1, 0.15) is 49.1 Å². The van der Waals surface area contributed by atoms with Gasteiger partial charge in [-0.05, 0) is 92.3 Å². The SMILES string of the molecule is [C-]#[N+]C[C@H]1CN(c2nc(OCC34CCCN3CCC4)nc3c(F)c(-c4cccc5c4C4CC4C5)c(F)cc23)CCN1C(=O)C=C. The van der Waals surface area contributed by atoms with E-state index in [1.54, 1.807) is 4.90 Å². The van der Waals surface area contributed by atoms with Crippen LogP contribution in [-0.2, 0) is 11.2 Å². The lowest BCUT2D eigenvalue weighted by Gasteiger charge is -2.39. The number of piperazine rings is 1. The van der Waals surface area contributed by atoms with Crippen LogP contribution >= 0.6 is 0 Å². The topological polar surface area (TPSA) is 66.2 Å². The van der Waals surface area contributed by atoms with Crippen LogP contribution < -0.4 is 9.64 Å². The zero-order chi connectivity index (χ0) is 30.9. The molecule has 10 heteroatoms. The number of benzene rings is 2. The molecule has 2 unspecified atom stereocenters. The maximum absolute atomic E-state index is 16.8. The summed E-state index contributed by atoms with van der Waals surface area (Å²) in [4.78, 5) is 31.6. The summed E-state index contributed by atoms with van der Waals surface area (Å²) in [6, 6.07) is 6.77. The van der Waals surface area contributed by atoms with Crippen LogP contribution in [0.4, 0.5) is 14.6 Å². The Kier molecular flexibility index (Phi) is 6.79. The lowest BCUT2D eigenvalue weighted by molar-refractivity contribution is -0.128. The molecule has 4 heterocycles. The van der Waals surface area contributed by atoms with Gasteiger partial charge in [-0.3, -0.25) is 9.69 Å². The minimum atomic E-state index is -0.712. The quantitative estimate of drug-likeness (QED) is 0.265. The van der Waals surface area contributed by atoms with E-state index in [0.29, 0.717) is 42.9 Å². The van der Waals surface area contributed by atoms with Gasteiger partial charge in [0.15, 0.2) is 5.82 Å². The van der Waals surface area contributed by atoms with Gasteiger partial charge in [0.05, 0.1) is 11.1 Å². The molecule has 232 valence electrons. The number of fused-ring (bicyclic) bond motifs is 5. The number of hydrogen-bond donors (Lipinski definition) is 0. The predicted octanol–water partition coefficient (Wildman–Crippen LogP) is 5.36. The second kappa shape index (κ2) is 10.8. The third kappa shape index (κ3) is 4.58. The fourth-order valence-corrected chi connectivity index (χ4v) is 8.65. The summed E-state index contributed by atoms with van der Waals surface area (Å²) in [7, 11) is 0. The third-order valence-electron chi connectivity index (χ3n) is 10.9. The number of nitrogens with zero attached hydrogens (tertiary/aromatic N) is 6. The summed E-state index contributed by atoms with van der Waals surface area (Å²) in [5.41, 5.74) is 2.76. The Balaban J connectivity index is 1.23. The Morgan fingerprint density at radius 1 is 1.18 bits per heavy atom. The molecule has 4 fully saturated rings. The summed E-state index contributed by atoms with van der Waals surface area (Å²) in [5.74, 6) is -0.322. The molecule has 3 saturated heterocycles. The molecule has 0 bridgehead atoms. The summed E-state index contributed by atoms with van der Waals surface area (Å²) < 4.78 is 39.3. The molecule has 1 saturated carbocycles. The van der Waals surface area contributed by atoms with Crippen molar-refractivity contribution in [3.05, 3.63) is 71.1 Å². The molecule has 8 nitrogen and oxygen atoms in total. The Morgan fingerprint density at radius 2 is 2.00 bits per heavy atom. The van der Waals surface area contributed by atoms with Crippen LogP contribution in [-0.4, -0.2) is 83.1 Å².